The van der Waals surface area contributed by atoms with Gasteiger partial charge in [-0.1, -0.05) is 12.1 Å². The molecule has 0 atom stereocenters. The largest absolute Gasteiger partial charge is 0.481 e. The van der Waals surface area contributed by atoms with Crippen LogP contribution in [0, 0.1) is 19.8 Å². The predicted molar refractivity (Wildman–Crippen MR) is 63.7 cm³/mol. The van der Waals surface area contributed by atoms with Crippen LogP contribution < -0.4 is 5.32 Å². The van der Waals surface area contributed by atoms with Gasteiger partial charge in [-0.05, 0) is 43.9 Å². The van der Waals surface area contributed by atoms with Crippen molar-refractivity contribution >= 4 is 11.7 Å². The summed E-state index contributed by atoms with van der Waals surface area (Å²) in [6.07, 6.45) is 1.48. The summed E-state index contributed by atoms with van der Waals surface area (Å²) in [7, 11) is 0. The Kier molecular flexibility index (Phi) is 2.86. The fraction of sp³-hybridized carbons (Fsp3) is 0.462. The molecule has 0 amide bonds. The highest BCUT2D eigenvalue weighted by molar-refractivity contribution is 5.71. The van der Waals surface area contributed by atoms with Crippen LogP contribution in [0.3, 0.4) is 0 Å². The zero-order chi connectivity index (χ0) is 11.7. The Labute approximate surface area is 95.5 Å². The van der Waals surface area contributed by atoms with E-state index in [0.717, 1.165) is 18.5 Å². The normalized spacial score (nSPS) is 23.6. The van der Waals surface area contributed by atoms with Gasteiger partial charge in [-0.25, -0.2) is 0 Å². The Bertz CT molecular complexity index is 408. The Morgan fingerprint density at radius 1 is 1.38 bits per heavy atom. The van der Waals surface area contributed by atoms with Gasteiger partial charge in [-0.2, -0.15) is 0 Å². The monoisotopic (exact) mass is 219 g/mol. The Morgan fingerprint density at radius 2 is 2.06 bits per heavy atom. The summed E-state index contributed by atoms with van der Waals surface area (Å²) in [5.74, 6) is -0.818. The SMILES string of the molecule is Cc1ccc(C)c(NC2CC(C(=O)O)C2)c1. The smallest absolute Gasteiger partial charge is 0.306 e. The lowest BCUT2D eigenvalue weighted by Gasteiger charge is -2.34. The number of carboxylic acids is 1. The number of aliphatic carboxylic acids is 1. The number of hydrogen-bond acceptors (Lipinski definition) is 2. The maximum Gasteiger partial charge on any atom is 0.306 e. The quantitative estimate of drug-likeness (QED) is 0.821. The van der Waals surface area contributed by atoms with E-state index in [1.54, 1.807) is 0 Å². The third kappa shape index (κ3) is 2.18. The van der Waals surface area contributed by atoms with Crippen LogP contribution in [0.4, 0.5) is 5.69 Å². The third-order valence-electron chi connectivity index (χ3n) is 3.24. The number of anilines is 1. The first-order valence-electron chi connectivity index (χ1n) is 5.63. The molecule has 2 N–H and O–H groups in total. The molecule has 1 aromatic carbocycles. The van der Waals surface area contributed by atoms with Gasteiger partial charge in [0.25, 0.3) is 0 Å². The van der Waals surface area contributed by atoms with Gasteiger partial charge in [0.15, 0.2) is 0 Å². The van der Waals surface area contributed by atoms with Gasteiger partial charge in [-0.3, -0.25) is 4.79 Å². The Morgan fingerprint density at radius 3 is 2.69 bits per heavy atom. The second-order valence-electron chi connectivity index (χ2n) is 4.67. The lowest BCUT2D eigenvalue weighted by atomic mass is 9.80. The molecule has 86 valence electrons. The zero-order valence-electron chi connectivity index (χ0n) is 9.66. The molecular formula is C13H17NO2. The number of carbonyl (C=O) groups is 1. The number of rotatable bonds is 3. The number of benzene rings is 1. The summed E-state index contributed by atoms with van der Waals surface area (Å²) < 4.78 is 0. The molecule has 3 nitrogen and oxygen atoms in total. The first kappa shape index (κ1) is 11.0. The van der Waals surface area contributed by atoms with E-state index in [1.165, 1.54) is 11.1 Å². The number of carboxylic acid groups (broad SMARTS) is 1. The fourth-order valence-corrected chi connectivity index (χ4v) is 2.05. The van der Waals surface area contributed by atoms with Crippen molar-refractivity contribution in [1.82, 2.24) is 0 Å². The number of hydrogen-bond donors (Lipinski definition) is 2. The molecule has 0 spiro atoms. The van der Waals surface area contributed by atoms with E-state index >= 15 is 0 Å². The van der Waals surface area contributed by atoms with Gasteiger partial charge in [0.1, 0.15) is 0 Å². The van der Waals surface area contributed by atoms with Crippen LogP contribution in [0.2, 0.25) is 0 Å². The highest BCUT2D eigenvalue weighted by Gasteiger charge is 2.34. The Hall–Kier alpha value is -1.51. The average Bonchev–Trinajstić information content (AvgIpc) is 2.15. The van der Waals surface area contributed by atoms with Gasteiger partial charge < -0.3 is 10.4 Å². The third-order valence-corrected chi connectivity index (χ3v) is 3.24. The minimum atomic E-state index is -0.668. The van der Waals surface area contributed by atoms with Gasteiger partial charge in [0.05, 0.1) is 5.92 Å². The molecule has 1 aliphatic rings. The summed E-state index contributed by atoms with van der Waals surface area (Å²) >= 11 is 0. The van der Waals surface area contributed by atoms with Crippen molar-refractivity contribution < 1.29 is 9.90 Å². The van der Waals surface area contributed by atoms with Crippen molar-refractivity contribution in [2.75, 3.05) is 5.32 Å². The first-order valence-corrected chi connectivity index (χ1v) is 5.63. The molecule has 3 heteroatoms. The molecular weight excluding hydrogens is 202 g/mol. The van der Waals surface area contributed by atoms with Gasteiger partial charge in [-0.15, -0.1) is 0 Å². The van der Waals surface area contributed by atoms with Crippen LogP contribution in [-0.2, 0) is 4.79 Å². The maximum atomic E-state index is 10.7. The molecule has 16 heavy (non-hydrogen) atoms. The molecule has 0 saturated heterocycles. The van der Waals surface area contributed by atoms with Crippen LogP contribution in [0.25, 0.3) is 0 Å². The molecule has 2 rings (SSSR count). The van der Waals surface area contributed by atoms with Crippen molar-refractivity contribution in [3.05, 3.63) is 29.3 Å². The predicted octanol–water partition coefficient (Wildman–Crippen LogP) is 2.58. The van der Waals surface area contributed by atoms with E-state index in [2.05, 4.69) is 37.4 Å². The summed E-state index contributed by atoms with van der Waals surface area (Å²) in [5, 5.41) is 12.2. The Balaban J connectivity index is 1.96. The summed E-state index contributed by atoms with van der Waals surface area (Å²) in [6.45, 7) is 4.13. The van der Waals surface area contributed by atoms with Crippen molar-refractivity contribution in [2.24, 2.45) is 5.92 Å². The van der Waals surface area contributed by atoms with Crippen molar-refractivity contribution in [3.63, 3.8) is 0 Å². The molecule has 1 saturated carbocycles. The molecule has 0 heterocycles. The van der Waals surface area contributed by atoms with Crippen molar-refractivity contribution in [2.45, 2.75) is 32.7 Å². The second kappa shape index (κ2) is 4.16. The van der Waals surface area contributed by atoms with E-state index in [0.29, 0.717) is 6.04 Å². The number of aryl methyl sites for hydroxylation is 2. The minimum Gasteiger partial charge on any atom is -0.481 e. The molecule has 0 aliphatic heterocycles. The summed E-state index contributed by atoms with van der Waals surface area (Å²) in [4.78, 5) is 10.7. The number of nitrogens with one attached hydrogen (secondary N) is 1. The first-order chi connectivity index (χ1) is 7.56. The zero-order valence-corrected chi connectivity index (χ0v) is 9.66. The fourth-order valence-electron chi connectivity index (χ4n) is 2.05. The van der Waals surface area contributed by atoms with E-state index in [1.807, 2.05) is 0 Å². The summed E-state index contributed by atoms with van der Waals surface area (Å²) in [5.41, 5.74) is 3.57. The van der Waals surface area contributed by atoms with Crippen LogP contribution in [0.5, 0.6) is 0 Å². The highest BCUT2D eigenvalue weighted by Crippen LogP contribution is 2.31. The standard InChI is InChI=1S/C13H17NO2/c1-8-3-4-9(2)12(5-8)14-11-6-10(7-11)13(15)16/h3-5,10-11,14H,6-7H2,1-2H3,(H,15,16). The van der Waals surface area contributed by atoms with E-state index in [9.17, 15) is 4.79 Å². The lowest BCUT2D eigenvalue weighted by molar-refractivity contribution is -0.144. The second-order valence-corrected chi connectivity index (χ2v) is 4.67. The van der Waals surface area contributed by atoms with E-state index < -0.39 is 5.97 Å². The average molecular weight is 219 g/mol. The molecule has 0 radical (unpaired) electrons. The van der Waals surface area contributed by atoms with E-state index in [4.69, 9.17) is 5.11 Å². The van der Waals surface area contributed by atoms with Crippen molar-refractivity contribution in [3.8, 4) is 0 Å². The van der Waals surface area contributed by atoms with E-state index in [-0.39, 0.29) is 5.92 Å². The van der Waals surface area contributed by atoms with Crippen LogP contribution >= 0.6 is 0 Å². The van der Waals surface area contributed by atoms with Crippen LogP contribution in [-0.4, -0.2) is 17.1 Å². The van der Waals surface area contributed by atoms with Gasteiger partial charge >= 0.3 is 5.97 Å². The van der Waals surface area contributed by atoms with Gasteiger partial charge in [0, 0.05) is 11.7 Å². The molecule has 0 aromatic heterocycles. The summed E-state index contributed by atoms with van der Waals surface area (Å²) in [6, 6.07) is 6.61. The molecule has 0 unspecified atom stereocenters. The maximum absolute atomic E-state index is 10.7. The van der Waals surface area contributed by atoms with Crippen molar-refractivity contribution in [1.29, 1.82) is 0 Å². The molecule has 1 aliphatic carbocycles. The van der Waals surface area contributed by atoms with Crippen LogP contribution in [0.15, 0.2) is 18.2 Å². The minimum absolute atomic E-state index is 0.150. The molecule has 0 bridgehead atoms. The topological polar surface area (TPSA) is 49.3 Å². The molecule has 1 aromatic rings. The highest BCUT2D eigenvalue weighted by atomic mass is 16.4. The lowest BCUT2D eigenvalue weighted by Crippen LogP contribution is -2.39. The van der Waals surface area contributed by atoms with Gasteiger partial charge in [0.2, 0.25) is 0 Å². The van der Waals surface area contributed by atoms with Crippen LogP contribution in [0.1, 0.15) is 24.0 Å². The molecule has 1 fully saturated rings.